The molecule has 4 rings (SSSR count). The van der Waals surface area contributed by atoms with E-state index in [1.165, 1.54) is 32.4 Å². The Labute approximate surface area is 202 Å². The number of aromatic nitrogens is 4. The highest BCUT2D eigenvalue weighted by Gasteiger charge is 2.54. The number of nitrogens with zero attached hydrogens (tertiary/aromatic N) is 6. The standard InChI is InChI=1S/C23H28N6O6/c1-23(22(33-3)34-4)21(30)20(17-12-16(29(31)32)10-11-18(17)35-23)28(13-15-8-6-5-7-9-15)14-19-24-25-26-27(19)2/h5-12,20-22,30H,13-14H2,1-4H3/t20-,21+,23-/m0/s1. The number of nitro groups is 1. The smallest absolute Gasteiger partial charge is 0.270 e. The number of ether oxygens (including phenoxy) is 3. The van der Waals surface area contributed by atoms with Crippen molar-refractivity contribution in [1.29, 1.82) is 0 Å². The average Bonchev–Trinajstić information content (AvgIpc) is 3.25. The van der Waals surface area contributed by atoms with Gasteiger partial charge in [0.15, 0.2) is 17.7 Å². The number of rotatable bonds is 9. The number of tetrazole rings is 1. The molecule has 0 amide bonds. The molecule has 0 radical (unpaired) electrons. The molecule has 0 unspecified atom stereocenters. The van der Waals surface area contributed by atoms with Crippen molar-refractivity contribution >= 4 is 5.69 Å². The molecule has 12 heteroatoms. The second kappa shape index (κ2) is 10.0. The van der Waals surface area contributed by atoms with Crippen molar-refractivity contribution in [2.45, 2.75) is 44.1 Å². The molecule has 0 saturated heterocycles. The number of aliphatic hydroxyl groups is 1. The van der Waals surface area contributed by atoms with Crippen LogP contribution in [0.3, 0.4) is 0 Å². The largest absolute Gasteiger partial charge is 0.479 e. The van der Waals surface area contributed by atoms with E-state index < -0.39 is 29.0 Å². The Morgan fingerprint density at radius 2 is 1.94 bits per heavy atom. The minimum Gasteiger partial charge on any atom is -0.479 e. The van der Waals surface area contributed by atoms with Crippen LogP contribution < -0.4 is 4.74 Å². The number of benzene rings is 2. The van der Waals surface area contributed by atoms with Crippen LogP contribution in [0.5, 0.6) is 5.75 Å². The molecule has 1 aromatic heterocycles. The van der Waals surface area contributed by atoms with Crippen molar-refractivity contribution in [3.05, 3.63) is 75.6 Å². The molecule has 0 saturated carbocycles. The highest BCUT2D eigenvalue weighted by Crippen LogP contribution is 2.46. The van der Waals surface area contributed by atoms with Crippen LogP contribution in [0.4, 0.5) is 5.69 Å². The molecular weight excluding hydrogens is 456 g/mol. The molecule has 1 aliphatic heterocycles. The predicted molar refractivity (Wildman–Crippen MR) is 123 cm³/mol. The van der Waals surface area contributed by atoms with E-state index in [0.29, 0.717) is 23.7 Å². The molecule has 0 aliphatic carbocycles. The van der Waals surface area contributed by atoms with Crippen LogP contribution in [0.2, 0.25) is 0 Å². The first-order chi connectivity index (χ1) is 16.8. The van der Waals surface area contributed by atoms with E-state index in [2.05, 4.69) is 15.5 Å². The summed E-state index contributed by atoms with van der Waals surface area (Å²) >= 11 is 0. The maximum absolute atomic E-state index is 11.8. The third-order valence-corrected chi connectivity index (χ3v) is 6.31. The van der Waals surface area contributed by atoms with Crippen LogP contribution in [0.1, 0.15) is 29.9 Å². The minimum absolute atomic E-state index is 0.108. The number of hydrogen-bond donors (Lipinski definition) is 1. The lowest BCUT2D eigenvalue weighted by Crippen LogP contribution is -2.62. The van der Waals surface area contributed by atoms with Gasteiger partial charge in [-0.15, -0.1) is 5.10 Å². The third-order valence-electron chi connectivity index (χ3n) is 6.31. The first kappa shape index (κ1) is 24.7. The molecule has 1 aliphatic rings. The summed E-state index contributed by atoms with van der Waals surface area (Å²) < 4.78 is 18.7. The molecule has 0 bridgehead atoms. The maximum atomic E-state index is 11.8. The molecular formula is C23H28N6O6. The van der Waals surface area contributed by atoms with E-state index >= 15 is 0 Å². The van der Waals surface area contributed by atoms with Crippen LogP contribution in [0, 0.1) is 10.1 Å². The van der Waals surface area contributed by atoms with E-state index in [0.717, 1.165) is 5.56 Å². The molecule has 3 atom stereocenters. The van der Waals surface area contributed by atoms with Gasteiger partial charge < -0.3 is 19.3 Å². The summed E-state index contributed by atoms with van der Waals surface area (Å²) in [6, 6.07) is 13.3. The van der Waals surface area contributed by atoms with Crippen LogP contribution in [0.25, 0.3) is 0 Å². The summed E-state index contributed by atoms with van der Waals surface area (Å²) in [5.41, 5.74) is 0.0130. The summed E-state index contributed by atoms with van der Waals surface area (Å²) in [6.07, 6.45) is -2.12. The third kappa shape index (κ3) is 4.73. The topological polar surface area (TPSA) is 138 Å². The van der Waals surface area contributed by atoms with Gasteiger partial charge in [0.25, 0.3) is 5.69 Å². The number of methoxy groups -OCH3 is 2. The fourth-order valence-electron chi connectivity index (χ4n) is 4.54. The summed E-state index contributed by atoms with van der Waals surface area (Å²) in [6.45, 7) is 2.35. The van der Waals surface area contributed by atoms with Crippen molar-refractivity contribution in [3.8, 4) is 5.75 Å². The second-order valence-electron chi connectivity index (χ2n) is 8.57. The Hall–Kier alpha value is -3.45. The Bertz CT molecular complexity index is 1170. The van der Waals surface area contributed by atoms with Gasteiger partial charge in [0.1, 0.15) is 11.9 Å². The van der Waals surface area contributed by atoms with E-state index in [4.69, 9.17) is 14.2 Å². The highest BCUT2D eigenvalue weighted by molar-refractivity contribution is 5.48. The van der Waals surface area contributed by atoms with Crippen molar-refractivity contribution in [2.75, 3.05) is 14.2 Å². The van der Waals surface area contributed by atoms with Gasteiger partial charge in [-0.3, -0.25) is 15.0 Å². The van der Waals surface area contributed by atoms with E-state index in [-0.39, 0.29) is 12.2 Å². The molecule has 12 nitrogen and oxygen atoms in total. The highest BCUT2D eigenvalue weighted by atomic mass is 16.7. The maximum Gasteiger partial charge on any atom is 0.270 e. The molecule has 2 aromatic carbocycles. The Kier molecular flexibility index (Phi) is 7.08. The summed E-state index contributed by atoms with van der Waals surface area (Å²) in [7, 11) is 4.65. The quantitative estimate of drug-likeness (QED) is 0.273. The van der Waals surface area contributed by atoms with Crippen LogP contribution >= 0.6 is 0 Å². The lowest BCUT2D eigenvalue weighted by atomic mass is 9.83. The molecule has 35 heavy (non-hydrogen) atoms. The van der Waals surface area contributed by atoms with Crippen LogP contribution in [-0.4, -0.2) is 67.4 Å². The monoisotopic (exact) mass is 484 g/mol. The number of nitro benzene ring substituents is 1. The molecule has 2 heterocycles. The predicted octanol–water partition coefficient (Wildman–Crippen LogP) is 1.99. The Balaban J connectivity index is 1.87. The average molecular weight is 485 g/mol. The van der Waals surface area contributed by atoms with Gasteiger partial charge in [-0.05, 0) is 29.0 Å². The lowest BCUT2D eigenvalue weighted by molar-refractivity contribution is -0.385. The number of aliphatic hydroxyl groups excluding tert-OH is 1. The van der Waals surface area contributed by atoms with Gasteiger partial charge in [-0.1, -0.05) is 30.3 Å². The molecule has 0 fully saturated rings. The zero-order chi connectivity index (χ0) is 25.2. The Morgan fingerprint density at radius 1 is 1.23 bits per heavy atom. The van der Waals surface area contributed by atoms with Crippen molar-refractivity contribution in [3.63, 3.8) is 0 Å². The molecule has 0 spiro atoms. The number of hydrogen-bond acceptors (Lipinski definition) is 10. The van der Waals surface area contributed by atoms with Crippen LogP contribution in [0.15, 0.2) is 48.5 Å². The number of fused-ring (bicyclic) bond motifs is 1. The number of aryl methyl sites for hydroxylation is 1. The van der Waals surface area contributed by atoms with Gasteiger partial charge in [0.05, 0.1) is 17.5 Å². The number of non-ortho nitro benzene ring substituents is 1. The van der Waals surface area contributed by atoms with E-state index in [9.17, 15) is 15.2 Å². The van der Waals surface area contributed by atoms with Crippen molar-refractivity contribution in [1.82, 2.24) is 25.1 Å². The van der Waals surface area contributed by atoms with Crippen molar-refractivity contribution < 1.29 is 24.2 Å². The SMILES string of the molecule is COC(OC)[C@@]1(C)Oc2ccc([N+](=O)[O-])cc2[C@H](N(Cc2ccccc2)Cc2nnnn2C)[C@H]1O. The van der Waals surface area contributed by atoms with Gasteiger partial charge in [-0.2, -0.15) is 0 Å². The van der Waals surface area contributed by atoms with Crippen molar-refractivity contribution in [2.24, 2.45) is 7.05 Å². The molecule has 3 aromatic rings. The second-order valence-corrected chi connectivity index (χ2v) is 8.57. The lowest BCUT2D eigenvalue weighted by Gasteiger charge is -2.49. The van der Waals surface area contributed by atoms with Gasteiger partial charge in [-0.25, -0.2) is 4.68 Å². The fraction of sp³-hybridized carbons (Fsp3) is 0.435. The molecule has 1 N–H and O–H groups in total. The fourth-order valence-corrected chi connectivity index (χ4v) is 4.54. The van der Waals surface area contributed by atoms with Crippen LogP contribution in [-0.2, 0) is 29.6 Å². The Morgan fingerprint density at radius 3 is 2.54 bits per heavy atom. The first-order valence-corrected chi connectivity index (χ1v) is 11.0. The van der Waals surface area contributed by atoms with E-state index in [1.54, 1.807) is 18.7 Å². The first-order valence-electron chi connectivity index (χ1n) is 11.0. The van der Waals surface area contributed by atoms with Gasteiger partial charge in [0, 0.05) is 45.5 Å². The molecule has 186 valence electrons. The summed E-state index contributed by atoms with van der Waals surface area (Å²) in [5, 5.41) is 35.1. The zero-order valence-corrected chi connectivity index (χ0v) is 19.9. The van der Waals surface area contributed by atoms with Gasteiger partial charge >= 0.3 is 0 Å². The zero-order valence-electron chi connectivity index (χ0n) is 19.9. The minimum atomic E-state index is -1.33. The van der Waals surface area contributed by atoms with Gasteiger partial charge in [0.2, 0.25) is 0 Å². The normalized spacial score (nSPS) is 21.7. The summed E-state index contributed by atoms with van der Waals surface area (Å²) in [4.78, 5) is 13.1. The summed E-state index contributed by atoms with van der Waals surface area (Å²) in [5.74, 6) is 0.949. The van der Waals surface area contributed by atoms with E-state index in [1.807, 2.05) is 35.2 Å².